The van der Waals surface area contributed by atoms with Crippen LogP contribution in [0.25, 0.3) is 0 Å². The third kappa shape index (κ3) is 2.94. The normalized spacial score (nSPS) is 15.1. The van der Waals surface area contributed by atoms with Crippen molar-refractivity contribution in [1.82, 2.24) is 15.2 Å². The summed E-state index contributed by atoms with van der Waals surface area (Å²) >= 11 is 0. The first-order chi connectivity index (χ1) is 8.29. The van der Waals surface area contributed by atoms with Crippen LogP contribution in [0.1, 0.15) is 17.7 Å². The van der Waals surface area contributed by atoms with Crippen molar-refractivity contribution in [2.75, 3.05) is 13.1 Å². The van der Waals surface area contributed by atoms with E-state index in [4.69, 9.17) is 5.26 Å². The summed E-state index contributed by atoms with van der Waals surface area (Å²) in [5, 5.41) is 11.3. The van der Waals surface area contributed by atoms with Crippen LogP contribution in [0.2, 0.25) is 0 Å². The van der Waals surface area contributed by atoms with Gasteiger partial charge in [0, 0.05) is 31.5 Å². The molecule has 1 aliphatic heterocycles. The first kappa shape index (κ1) is 11.4. The Balaban J connectivity index is 2.07. The van der Waals surface area contributed by atoms with E-state index in [1.165, 1.54) is 0 Å². The van der Waals surface area contributed by atoms with Crippen LogP contribution >= 0.6 is 0 Å². The molecule has 2 rings (SSSR count). The molecular formula is C12H15N5. The quantitative estimate of drug-likeness (QED) is 0.607. The highest BCUT2D eigenvalue weighted by atomic mass is 15.3. The van der Waals surface area contributed by atoms with Crippen molar-refractivity contribution in [3.63, 3.8) is 0 Å². The molecule has 5 nitrogen and oxygen atoms in total. The van der Waals surface area contributed by atoms with E-state index in [0.717, 1.165) is 37.3 Å². The van der Waals surface area contributed by atoms with Crippen LogP contribution < -0.4 is 5.32 Å². The van der Waals surface area contributed by atoms with Crippen molar-refractivity contribution in [3.05, 3.63) is 29.6 Å². The van der Waals surface area contributed by atoms with Crippen molar-refractivity contribution in [3.8, 4) is 6.19 Å². The highest BCUT2D eigenvalue weighted by Gasteiger charge is 2.15. The van der Waals surface area contributed by atoms with Crippen LogP contribution in [0, 0.1) is 18.4 Å². The number of pyridine rings is 1. The van der Waals surface area contributed by atoms with Gasteiger partial charge in [0.25, 0.3) is 0 Å². The molecule has 1 N–H and O–H groups in total. The molecule has 0 aromatic carbocycles. The first-order valence-corrected chi connectivity index (χ1v) is 5.65. The molecule has 0 fully saturated rings. The summed E-state index contributed by atoms with van der Waals surface area (Å²) in [5.41, 5.74) is 2.14. The smallest absolute Gasteiger partial charge is 0.207 e. The third-order valence-corrected chi connectivity index (χ3v) is 2.66. The standard InChI is InChI=1S/C12H15N5/c1-10-3-4-11(7-15-10)8-17-6-2-5-14-12(17)16-9-13/h3-4,7H,2,5-6,8H2,1H3,(H,14,16). The monoisotopic (exact) mass is 229 g/mol. The van der Waals surface area contributed by atoms with Crippen molar-refractivity contribution in [2.45, 2.75) is 19.9 Å². The molecule has 0 spiro atoms. The lowest BCUT2D eigenvalue weighted by molar-refractivity contribution is 0.377. The Morgan fingerprint density at radius 2 is 2.41 bits per heavy atom. The predicted molar refractivity (Wildman–Crippen MR) is 65.1 cm³/mol. The highest BCUT2D eigenvalue weighted by molar-refractivity contribution is 5.81. The maximum atomic E-state index is 8.66. The number of aryl methyl sites for hydroxylation is 1. The molecule has 0 radical (unpaired) electrons. The molecule has 1 aromatic heterocycles. The average molecular weight is 229 g/mol. The maximum absolute atomic E-state index is 8.66. The zero-order valence-electron chi connectivity index (χ0n) is 9.85. The van der Waals surface area contributed by atoms with Crippen LogP contribution in [0.3, 0.4) is 0 Å². The molecule has 2 heterocycles. The molecule has 0 unspecified atom stereocenters. The van der Waals surface area contributed by atoms with Crippen LogP contribution in [0.4, 0.5) is 0 Å². The van der Waals surface area contributed by atoms with E-state index in [1.54, 1.807) is 0 Å². The molecule has 0 bridgehead atoms. The van der Waals surface area contributed by atoms with Gasteiger partial charge in [0.1, 0.15) is 0 Å². The largest absolute Gasteiger partial charge is 0.338 e. The molecule has 88 valence electrons. The molecule has 0 aliphatic carbocycles. The summed E-state index contributed by atoms with van der Waals surface area (Å²) in [4.78, 5) is 10.6. The Hall–Kier alpha value is -2.09. The highest BCUT2D eigenvalue weighted by Crippen LogP contribution is 2.08. The molecule has 0 saturated heterocycles. The number of nitrogens with zero attached hydrogens (tertiary/aromatic N) is 4. The Bertz CT molecular complexity index is 443. The molecular weight excluding hydrogens is 214 g/mol. The minimum atomic E-state index is 0.666. The van der Waals surface area contributed by atoms with Crippen molar-refractivity contribution in [1.29, 1.82) is 5.26 Å². The Morgan fingerprint density at radius 3 is 3.12 bits per heavy atom. The van der Waals surface area contributed by atoms with E-state index in [9.17, 15) is 0 Å². The minimum absolute atomic E-state index is 0.666. The second-order valence-corrected chi connectivity index (χ2v) is 4.03. The fourth-order valence-corrected chi connectivity index (χ4v) is 1.79. The predicted octanol–water partition coefficient (Wildman–Crippen LogP) is 1.02. The summed E-state index contributed by atoms with van der Waals surface area (Å²) in [5.74, 6) is 0.666. The lowest BCUT2D eigenvalue weighted by Crippen LogP contribution is -2.42. The summed E-state index contributed by atoms with van der Waals surface area (Å²) in [7, 11) is 0. The second kappa shape index (κ2) is 5.30. The summed E-state index contributed by atoms with van der Waals surface area (Å²) in [6.07, 6.45) is 4.82. The van der Waals surface area contributed by atoms with Crippen LogP contribution in [0.15, 0.2) is 23.3 Å². The van der Waals surface area contributed by atoms with Crippen molar-refractivity contribution < 1.29 is 0 Å². The van der Waals surface area contributed by atoms with Gasteiger partial charge in [0.05, 0.1) is 0 Å². The zero-order valence-corrected chi connectivity index (χ0v) is 9.85. The van der Waals surface area contributed by atoms with Gasteiger partial charge in [-0.05, 0) is 25.0 Å². The van der Waals surface area contributed by atoms with Gasteiger partial charge in [-0.15, -0.1) is 0 Å². The molecule has 0 amide bonds. The van der Waals surface area contributed by atoms with Crippen molar-refractivity contribution >= 4 is 5.96 Å². The van der Waals surface area contributed by atoms with E-state index in [2.05, 4.69) is 26.3 Å². The summed E-state index contributed by atoms with van der Waals surface area (Å²) < 4.78 is 0. The minimum Gasteiger partial charge on any atom is -0.338 e. The van der Waals surface area contributed by atoms with Gasteiger partial charge in [-0.1, -0.05) is 6.07 Å². The lowest BCUT2D eigenvalue weighted by atomic mass is 10.2. The molecule has 17 heavy (non-hydrogen) atoms. The van der Waals surface area contributed by atoms with E-state index >= 15 is 0 Å². The molecule has 1 aliphatic rings. The van der Waals surface area contributed by atoms with E-state index in [1.807, 2.05) is 25.4 Å². The number of guanidine groups is 1. The summed E-state index contributed by atoms with van der Waals surface area (Å²) in [6, 6.07) is 4.05. The van der Waals surface area contributed by atoms with E-state index in [-0.39, 0.29) is 0 Å². The maximum Gasteiger partial charge on any atom is 0.207 e. The SMILES string of the molecule is Cc1ccc(CN2CCCN=C2NC#N)cn1. The second-order valence-electron chi connectivity index (χ2n) is 4.03. The molecule has 5 heteroatoms. The molecule has 1 aromatic rings. The lowest BCUT2D eigenvalue weighted by Gasteiger charge is -2.27. The van der Waals surface area contributed by atoms with Gasteiger partial charge in [0.15, 0.2) is 6.19 Å². The van der Waals surface area contributed by atoms with Crippen molar-refractivity contribution in [2.24, 2.45) is 4.99 Å². The van der Waals surface area contributed by atoms with Crippen LogP contribution in [0.5, 0.6) is 0 Å². The van der Waals surface area contributed by atoms with Gasteiger partial charge >= 0.3 is 0 Å². The molecule has 0 atom stereocenters. The number of hydrogen-bond donors (Lipinski definition) is 1. The first-order valence-electron chi connectivity index (χ1n) is 5.65. The number of rotatable bonds is 2. The number of aliphatic imine (C=N–C) groups is 1. The van der Waals surface area contributed by atoms with Crippen LogP contribution in [-0.2, 0) is 6.54 Å². The van der Waals surface area contributed by atoms with Gasteiger partial charge in [0.2, 0.25) is 5.96 Å². The average Bonchev–Trinajstić information content (AvgIpc) is 2.35. The number of hydrogen-bond acceptors (Lipinski definition) is 5. The Labute approximate surface area is 101 Å². The number of aromatic nitrogens is 1. The zero-order chi connectivity index (χ0) is 12.1. The number of nitrogens with one attached hydrogen (secondary N) is 1. The Morgan fingerprint density at radius 1 is 1.53 bits per heavy atom. The Kier molecular flexibility index (Phi) is 3.55. The summed E-state index contributed by atoms with van der Waals surface area (Å²) in [6.45, 7) is 4.41. The number of nitriles is 1. The fourth-order valence-electron chi connectivity index (χ4n) is 1.79. The van der Waals surface area contributed by atoms with Crippen LogP contribution in [-0.4, -0.2) is 28.9 Å². The van der Waals surface area contributed by atoms with Gasteiger partial charge in [-0.2, -0.15) is 5.26 Å². The van der Waals surface area contributed by atoms with E-state index < -0.39 is 0 Å². The molecule has 0 saturated carbocycles. The van der Waals surface area contributed by atoms with Gasteiger partial charge in [-0.25, -0.2) is 0 Å². The topological polar surface area (TPSA) is 64.3 Å². The third-order valence-electron chi connectivity index (χ3n) is 2.66. The van der Waals surface area contributed by atoms with E-state index in [0.29, 0.717) is 5.96 Å². The fraction of sp³-hybridized carbons (Fsp3) is 0.417. The van der Waals surface area contributed by atoms with Gasteiger partial charge < -0.3 is 4.90 Å². The van der Waals surface area contributed by atoms with Gasteiger partial charge in [-0.3, -0.25) is 15.3 Å².